The van der Waals surface area contributed by atoms with Crippen molar-refractivity contribution in [2.24, 2.45) is 5.92 Å². The highest BCUT2D eigenvalue weighted by atomic mass is 32.2. The molecule has 1 aliphatic heterocycles. The lowest BCUT2D eigenvalue weighted by atomic mass is 9.96. The van der Waals surface area contributed by atoms with Crippen molar-refractivity contribution >= 4 is 38.1 Å². The Balaban J connectivity index is 1.40. The molecule has 1 saturated heterocycles. The lowest BCUT2D eigenvalue weighted by molar-refractivity contribution is -0.384. The van der Waals surface area contributed by atoms with Crippen LogP contribution in [-0.4, -0.2) is 43.7 Å². The Labute approximate surface area is 204 Å². The summed E-state index contributed by atoms with van der Waals surface area (Å²) in [5, 5.41) is 19.3. The van der Waals surface area contributed by atoms with Gasteiger partial charge in [-0.3, -0.25) is 14.9 Å². The number of anilines is 1. The first-order valence-electron chi connectivity index (χ1n) is 11.5. The normalized spacial score (nSPS) is 16.1. The second-order valence-corrected chi connectivity index (χ2v) is 10.6. The third-order valence-corrected chi connectivity index (χ3v) is 8.42. The van der Waals surface area contributed by atoms with Crippen molar-refractivity contribution in [3.63, 3.8) is 0 Å². The molecule has 0 spiro atoms. The number of nitro benzene ring substituents is 1. The number of carbonyl (C=O) groups is 1. The maximum atomic E-state index is 13.1. The van der Waals surface area contributed by atoms with Gasteiger partial charge in [0.25, 0.3) is 5.69 Å². The average Bonchev–Trinajstić information content (AvgIpc) is 2.87. The second-order valence-electron chi connectivity index (χ2n) is 8.70. The molecule has 10 heteroatoms. The van der Waals surface area contributed by atoms with Crippen LogP contribution in [0.15, 0.2) is 65.6 Å². The van der Waals surface area contributed by atoms with Crippen LogP contribution in [0.25, 0.3) is 10.8 Å². The van der Waals surface area contributed by atoms with E-state index in [-0.39, 0.29) is 47.2 Å². The summed E-state index contributed by atoms with van der Waals surface area (Å²) in [6.07, 6.45) is 0.762. The highest BCUT2D eigenvalue weighted by molar-refractivity contribution is 7.89. The summed E-state index contributed by atoms with van der Waals surface area (Å²) in [4.78, 5) is 23.5. The van der Waals surface area contributed by atoms with E-state index in [0.29, 0.717) is 12.8 Å². The highest BCUT2D eigenvalue weighted by Gasteiger charge is 2.33. The molecule has 0 aliphatic carbocycles. The predicted octanol–water partition coefficient (Wildman–Crippen LogP) is 4.07. The summed E-state index contributed by atoms with van der Waals surface area (Å²) in [7, 11) is -2.37. The number of benzene rings is 3. The van der Waals surface area contributed by atoms with Crippen LogP contribution in [0, 0.1) is 16.0 Å². The Morgan fingerprint density at radius 2 is 1.74 bits per heavy atom. The molecule has 0 aromatic heterocycles. The molecule has 1 aliphatic rings. The number of nitrogens with one attached hydrogen (secondary N) is 2. The number of hydrogen-bond donors (Lipinski definition) is 2. The van der Waals surface area contributed by atoms with Gasteiger partial charge >= 0.3 is 0 Å². The van der Waals surface area contributed by atoms with Crippen LogP contribution >= 0.6 is 0 Å². The molecule has 35 heavy (non-hydrogen) atoms. The SMILES string of the molecule is CNc1ccc(S(=O)(=O)N2CCC(C(=O)NC(C)c3ccc4ccccc4c3)CC2)cc1[N+](=O)[O-]. The first-order valence-corrected chi connectivity index (χ1v) is 12.9. The summed E-state index contributed by atoms with van der Waals surface area (Å²) in [5.74, 6) is -0.401. The second kappa shape index (κ2) is 10.0. The lowest BCUT2D eigenvalue weighted by Crippen LogP contribution is -2.43. The molecular formula is C25H28N4O5S. The van der Waals surface area contributed by atoms with Crippen LogP contribution in [0.2, 0.25) is 0 Å². The van der Waals surface area contributed by atoms with Crippen molar-refractivity contribution in [1.82, 2.24) is 9.62 Å². The summed E-state index contributed by atoms with van der Waals surface area (Å²) in [6, 6.07) is 17.8. The highest BCUT2D eigenvalue weighted by Crippen LogP contribution is 2.31. The Hall–Kier alpha value is -3.50. The topological polar surface area (TPSA) is 122 Å². The minimum atomic E-state index is -3.91. The zero-order valence-corrected chi connectivity index (χ0v) is 20.4. The molecule has 1 atom stereocenters. The Morgan fingerprint density at radius 1 is 1.06 bits per heavy atom. The largest absolute Gasteiger partial charge is 0.383 e. The van der Waals surface area contributed by atoms with Gasteiger partial charge in [-0.05, 0) is 54.3 Å². The molecular weight excluding hydrogens is 468 g/mol. The zero-order chi connectivity index (χ0) is 25.2. The van der Waals surface area contributed by atoms with Crippen molar-refractivity contribution in [1.29, 1.82) is 0 Å². The number of rotatable bonds is 7. The number of sulfonamides is 1. The van der Waals surface area contributed by atoms with Gasteiger partial charge in [0.2, 0.25) is 15.9 Å². The van der Waals surface area contributed by atoms with Crippen molar-refractivity contribution in [3.8, 4) is 0 Å². The molecule has 2 N–H and O–H groups in total. The van der Waals surface area contributed by atoms with E-state index in [1.807, 2.05) is 43.3 Å². The van der Waals surface area contributed by atoms with Crippen LogP contribution in [0.4, 0.5) is 11.4 Å². The minimum Gasteiger partial charge on any atom is -0.383 e. The molecule has 1 unspecified atom stereocenters. The van der Waals surface area contributed by atoms with E-state index >= 15 is 0 Å². The van der Waals surface area contributed by atoms with Crippen LogP contribution < -0.4 is 10.6 Å². The molecule has 3 aromatic rings. The monoisotopic (exact) mass is 496 g/mol. The molecule has 3 aromatic carbocycles. The van der Waals surface area contributed by atoms with Crippen LogP contribution in [0.3, 0.4) is 0 Å². The smallest absolute Gasteiger partial charge is 0.293 e. The summed E-state index contributed by atoms with van der Waals surface area (Å²) in [6.45, 7) is 2.28. The molecule has 0 saturated carbocycles. The van der Waals surface area contributed by atoms with Gasteiger partial charge < -0.3 is 10.6 Å². The van der Waals surface area contributed by atoms with E-state index in [1.54, 1.807) is 0 Å². The Kier molecular flexibility index (Phi) is 7.04. The van der Waals surface area contributed by atoms with Crippen molar-refractivity contribution in [2.45, 2.75) is 30.7 Å². The maximum absolute atomic E-state index is 13.1. The van der Waals surface area contributed by atoms with Crippen molar-refractivity contribution in [2.75, 3.05) is 25.5 Å². The Morgan fingerprint density at radius 3 is 2.40 bits per heavy atom. The minimum absolute atomic E-state index is 0.100. The average molecular weight is 497 g/mol. The van der Waals surface area contributed by atoms with Crippen molar-refractivity contribution < 1.29 is 18.1 Å². The quantitative estimate of drug-likeness (QED) is 0.376. The number of fused-ring (bicyclic) bond motifs is 1. The van der Waals surface area contributed by atoms with Gasteiger partial charge in [0.15, 0.2) is 0 Å². The Bertz CT molecular complexity index is 1370. The molecule has 4 rings (SSSR count). The first-order chi connectivity index (χ1) is 16.7. The van der Waals surface area contributed by atoms with Crippen LogP contribution in [-0.2, 0) is 14.8 Å². The van der Waals surface area contributed by atoms with Gasteiger partial charge in [-0.1, -0.05) is 36.4 Å². The van der Waals surface area contributed by atoms with Gasteiger partial charge in [0.05, 0.1) is 15.9 Å². The van der Waals surface area contributed by atoms with E-state index in [0.717, 1.165) is 22.4 Å². The predicted molar refractivity (Wildman–Crippen MR) is 135 cm³/mol. The van der Waals surface area contributed by atoms with E-state index in [1.165, 1.54) is 23.5 Å². The van der Waals surface area contributed by atoms with Crippen LogP contribution in [0.5, 0.6) is 0 Å². The molecule has 184 valence electrons. The van der Waals surface area contributed by atoms with Gasteiger partial charge in [-0.2, -0.15) is 4.31 Å². The summed E-state index contributed by atoms with van der Waals surface area (Å²) in [5.41, 5.74) is 0.944. The fourth-order valence-corrected chi connectivity index (χ4v) is 5.92. The first kappa shape index (κ1) is 24.6. The number of nitro groups is 1. The molecule has 0 radical (unpaired) electrons. The number of hydrogen-bond acceptors (Lipinski definition) is 6. The number of carbonyl (C=O) groups excluding carboxylic acids is 1. The van der Waals surface area contributed by atoms with E-state index in [4.69, 9.17) is 0 Å². The van der Waals surface area contributed by atoms with Gasteiger partial charge in [0, 0.05) is 32.1 Å². The third kappa shape index (κ3) is 5.13. The zero-order valence-electron chi connectivity index (χ0n) is 19.6. The maximum Gasteiger partial charge on any atom is 0.293 e. The summed E-state index contributed by atoms with van der Waals surface area (Å²) < 4.78 is 27.5. The fraction of sp³-hybridized carbons (Fsp3) is 0.320. The number of amides is 1. The van der Waals surface area contributed by atoms with E-state index < -0.39 is 14.9 Å². The van der Waals surface area contributed by atoms with Crippen molar-refractivity contribution in [3.05, 3.63) is 76.3 Å². The molecule has 9 nitrogen and oxygen atoms in total. The van der Waals surface area contributed by atoms with Gasteiger partial charge in [-0.15, -0.1) is 0 Å². The molecule has 1 heterocycles. The standard InChI is InChI=1S/C25H28N4O5S/c1-17(20-8-7-18-5-3-4-6-21(18)15-20)27-25(30)19-11-13-28(14-12-19)35(33,34)22-9-10-23(26-2)24(16-22)29(31)32/h3-10,15-17,19,26H,11-14H2,1-2H3,(H,27,30). The molecule has 1 fully saturated rings. The molecule has 0 bridgehead atoms. The number of nitrogens with zero attached hydrogens (tertiary/aromatic N) is 2. The van der Waals surface area contributed by atoms with E-state index in [2.05, 4.69) is 16.7 Å². The van der Waals surface area contributed by atoms with Gasteiger partial charge in [-0.25, -0.2) is 8.42 Å². The summed E-state index contributed by atoms with van der Waals surface area (Å²) >= 11 is 0. The van der Waals surface area contributed by atoms with E-state index in [9.17, 15) is 23.3 Å². The third-order valence-electron chi connectivity index (χ3n) is 6.53. The molecule has 1 amide bonds. The van der Waals surface area contributed by atoms with Gasteiger partial charge in [0.1, 0.15) is 5.69 Å². The fourth-order valence-electron chi connectivity index (χ4n) is 4.43. The lowest BCUT2D eigenvalue weighted by Gasteiger charge is -2.31. The van der Waals surface area contributed by atoms with Crippen LogP contribution in [0.1, 0.15) is 31.4 Å². The number of piperidine rings is 1.